The first kappa shape index (κ1) is 22.6. The van der Waals surface area contributed by atoms with E-state index in [9.17, 15) is 4.79 Å². The lowest BCUT2D eigenvalue weighted by atomic mass is 9.97. The summed E-state index contributed by atoms with van der Waals surface area (Å²) in [5, 5.41) is 3.45. The number of carbonyl (C=O) groups is 1. The lowest BCUT2D eigenvalue weighted by Gasteiger charge is -2.31. The molecule has 0 spiro atoms. The molecule has 1 saturated heterocycles. The lowest BCUT2D eigenvalue weighted by molar-refractivity contribution is -0.123. The molecule has 1 unspecified atom stereocenters. The summed E-state index contributed by atoms with van der Waals surface area (Å²) in [4.78, 5) is 20.4. The Bertz CT molecular complexity index is 719. The van der Waals surface area contributed by atoms with Crippen LogP contribution < -0.4 is 11.1 Å². The van der Waals surface area contributed by atoms with Gasteiger partial charge in [-0.1, -0.05) is 24.3 Å². The molecule has 3 N–H and O–H groups in total. The van der Waals surface area contributed by atoms with Crippen LogP contribution in [0.1, 0.15) is 36.8 Å². The van der Waals surface area contributed by atoms with Crippen molar-refractivity contribution < 1.29 is 9.53 Å². The molecular weight excluding hydrogens is 378 g/mol. The van der Waals surface area contributed by atoms with Gasteiger partial charge in [-0.2, -0.15) is 0 Å². The number of carbonyl (C=O) groups excluding carboxylic acids is 1. The third kappa shape index (κ3) is 7.29. The summed E-state index contributed by atoms with van der Waals surface area (Å²) in [5.41, 5.74) is 7.99. The van der Waals surface area contributed by atoms with Crippen LogP contribution in [0.15, 0.2) is 29.3 Å². The normalized spacial score (nSPS) is 20.2. The predicted molar refractivity (Wildman–Crippen MR) is 120 cm³/mol. The van der Waals surface area contributed by atoms with Gasteiger partial charge in [-0.05, 0) is 49.3 Å². The molecule has 2 aliphatic rings. The summed E-state index contributed by atoms with van der Waals surface area (Å²) in [5.74, 6) is 1.48. The summed E-state index contributed by atoms with van der Waals surface area (Å²) in [6.07, 6.45) is 4.58. The van der Waals surface area contributed by atoms with E-state index in [-0.39, 0.29) is 11.8 Å². The number of likely N-dealkylation sites (N-methyl/N-ethyl adjacent to an activating group) is 1. The molecule has 166 valence electrons. The first-order valence-corrected chi connectivity index (χ1v) is 11.1. The minimum absolute atomic E-state index is 0.0179. The second-order valence-corrected chi connectivity index (χ2v) is 8.64. The highest BCUT2D eigenvalue weighted by Gasteiger charge is 2.24. The number of hydrogen-bond acceptors (Lipinski definition) is 4. The molecule has 2 fully saturated rings. The standard InChI is InChI=1S/C23H37N5O2/c1-25-23(27(2)11-12-30-17-18-8-9-18)26-14-19-5-3-6-20(13-19)15-28-10-4-7-21(16-28)22(24)29/h3,5-6,13,18,21H,4,7-12,14-17H2,1-2H3,(H2,24,29)(H,25,26). The van der Waals surface area contributed by atoms with Crippen molar-refractivity contribution in [2.75, 3.05) is 46.9 Å². The summed E-state index contributed by atoms with van der Waals surface area (Å²) in [6, 6.07) is 8.60. The minimum Gasteiger partial charge on any atom is -0.379 e. The molecule has 30 heavy (non-hydrogen) atoms. The molecule has 1 saturated carbocycles. The molecule has 1 heterocycles. The number of ether oxygens (including phenoxy) is 1. The van der Waals surface area contributed by atoms with Gasteiger partial charge >= 0.3 is 0 Å². The van der Waals surface area contributed by atoms with E-state index >= 15 is 0 Å². The molecule has 7 nitrogen and oxygen atoms in total. The minimum atomic E-state index is -0.175. The summed E-state index contributed by atoms with van der Waals surface area (Å²) >= 11 is 0. The number of likely N-dealkylation sites (tertiary alicyclic amines) is 1. The number of hydrogen-bond donors (Lipinski definition) is 2. The first-order chi connectivity index (χ1) is 14.5. The molecule has 1 amide bonds. The third-order valence-corrected chi connectivity index (χ3v) is 5.95. The number of piperidine rings is 1. The zero-order valence-electron chi connectivity index (χ0n) is 18.5. The molecular formula is C23H37N5O2. The Morgan fingerprint density at radius 1 is 1.33 bits per heavy atom. The van der Waals surface area contributed by atoms with Crippen LogP contribution in [0.5, 0.6) is 0 Å². The van der Waals surface area contributed by atoms with Crippen molar-refractivity contribution >= 4 is 11.9 Å². The summed E-state index contributed by atoms with van der Waals surface area (Å²) in [6.45, 7) is 5.80. The molecule has 1 aromatic rings. The van der Waals surface area contributed by atoms with Gasteiger partial charge in [0.25, 0.3) is 0 Å². The Morgan fingerprint density at radius 2 is 2.13 bits per heavy atom. The van der Waals surface area contributed by atoms with Crippen molar-refractivity contribution in [2.45, 2.75) is 38.8 Å². The number of guanidine groups is 1. The maximum absolute atomic E-state index is 11.5. The molecule has 0 radical (unpaired) electrons. The van der Waals surface area contributed by atoms with E-state index in [1.165, 1.54) is 24.0 Å². The first-order valence-electron chi connectivity index (χ1n) is 11.1. The molecule has 7 heteroatoms. The van der Waals surface area contributed by atoms with Crippen molar-refractivity contribution in [3.05, 3.63) is 35.4 Å². The maximum atomic E-state index is 11.5. The van der Waals surface area contributed by atoms with Crippen molar-refractivity contribution in [3.63, 3.8) is 0 Å². The third-order valence-electron chi connectivity index (χ3n) is 5.95. The van der Waals surface area contributed by atoms with Gasteiger partial charge in [0.1, 0.15) is 0 Å². The van der Waals surface area contributed by atoms with E-state index in [0.29, 0.717) is 0 Å². The van der Waals surface area contributed by atoms with Gasteiger partial charge in [-0.25, -0.2) is 0 Å². The van der Waals surface area contributed by atoms with Gasteiger partial charge in [0.2, 0.25) is 5.91 Å². The topological polar surface area (TPSA) is 83.2 Å². The lowest BCUT2D eigenvalue weighted by Crippen LogP contribution is -2.40. The number of primary amides is 1. The second kappa shape index (κ2) is 11.3. The van der Waals surface area contributed by atoms with E-state index in [2.05, 4.69) is 44.4 Å². The molecule has 3 rings (SSSR count). The van der Waals surface area contributed by atoms with E-state index < -0.39 is 0 Å². The Morgan fingerprint density at radius 3 is 2.87 bits per heavy atom. The fourth-order valence-electron chi connectivity index (χ4n) is 3.94. The number of amides is 1. The highest BCUT2D eigenvalue weighted by Crippen LogP contribution is 2.28. The van der Waals surface area contributed by atoms with Crippen molar-refractivity contribution in [2.24, 2.45) is 22.6 Å². The number of nitrogens with two attached hydrogens (primary N) is 1. The average Bonchev–Trinajstić information content (AvgIpc) is 3.56. The van der Waals surface area contributed by atoms with Crippen molar-refractivity contribution in [1.29, 1.82) is 0 Å². The van der Waals surface area contributed by atoms with Crippen LogP contribution in [-0.2, 0) is 22.6 Å². The second-order valence-electron chi connectivity index (χ2n) is 8.64. The molecule has 0 bridgehead atoms. The fraction of sp³-hybridized carbons (Fsp3) is 0.652. The van der Waals surface area contributed by atoms with Gasteiger partial charge < -0.3 is 20.7 Å². The highest BCUT2D eigenvalue weighted by atomic mass is 16.5. The predicted octanol–water partition coefficient (Wildman–Crippen LogP) is 1.82. The van der Waals surface area contributed by atoms with E-state index in [1.54, 1.807) is 0 Å². The van der Waals surface area contributed by atoms with Crippen molar-refractivity contribution in [3.8, 4) is 0 Å². The highest BCUT2D eigenvalue weighted by molar-refractivity contribution is 5.79. The summed E-state index contributed by atoms with van der Waals surface area (Å²) in [7, 11) is 3.85. The van der Waals surface area contributed by atoms with Gasteiger partial charge in [0.05, 0.1) is 12.5 Å². The van der Waals surface area contributed by atoms with Crippen LogP contribution in [0.2, 0.25) is 0 Å². The Balaban J connectivity index is 1.44. The quantitative estimate of drug-likeness (QED) is 0.346. The number of aliphatic imine (C=N–C) groups is 1. The number of nitrogens with one attached hydrogen (secondary N) is 1. The van der Waals surface area contributed by atoms with E-state index in [1.807, 2.05) is 14.1 Å². The Kier molecular flexibility index (Phi) is 8.51. The van der Waals surface area contributed by atoms with Gasteiger partial charge in [0, 0.05) is 46.9 Å². The van der Waals surface area contributed by atoms with Crippen LogP contribution >= 0.6 is 0 Å². The number of benzene rings is 1. The maximum Gasteiger partial charge on any atom is 0.221 e. The Labute approximate surface area is 180 Å². The van der Waals surface area contributed by atoms with Crippen LogP contribution in [0.3, 0.4) is 0 Å². The van der Waals surface area contributed by atoms with Crippen LogP contribution in [0.4, 0.5) is 0 Å². The molecule has 1 aliphatic heterocycles. The van der Waals surface area contributed by atoms with Crippen LogP contribution in [0, 0.1) is 11.8 Å². The molecule has 1 atom stereocenters. The van der Waals surface area contributed by atoms with Crippen LogP contribution in [-0.4, -0.2) is 68.6 Å². The molecule has 0 aromatic heterocycles. The fourth-order valence-corrected chi connectivity index (χ4v) is 3.94. The van der Waals surface area contributed by atoms with Crippen LogP contribution in [0.25, 0.3) is 0 Å². The van der Waals surface area contributed by atoms with Gasteiger partial charge in [-0.15, -0.1) is 0 Å². The number of rotatable bonds is 10. The Hall–Kier alpha value is -2.12. The molecule has 1 aliphatic carbocycles. The molecule has 1 aromatic carbocycles. The smallest absolute Gasteiger partial charge is 0.221 e. The van der Waals surface area contributed by atoms with Gasteiger partial charge in [-0.3, -0.25) is 14.7 Å². The monoisotopic (exact) mass is 415 g/mol. The average molecular weight is 416 g/mol. The van der Waals surface area contributed by atoms with Gasteiger partial charge in [0.15, 0.2) is 5.96 Å². The van der Waals surface area contributed by atoms with Crippen molar-refractivity contribution in [1.82, 2.24) is 15.1 Å². The SMILES string of the molecule is CN=C(NCc1cccc(CN2CCCC(C(N)=O)C2)c1)N(C)CCOCC1CC1. The summed E-state index contributed by atoms with van der Waals surface area (Å²) < 4.78 is 5.74. The largest absolute Gasteiger partial charge is 0.379 e. The number of nitrogens with zero attached hydrogens (tertiary/aromatic N) is 3. The van der Waals surface area contributed by atoms with E-state index in [4.69, 9.17) is 10.5 Å². The zero-order valence-corrected chi connectivity index (χ0v) is 18.5. The van der Waals surface area contributed by atoms with E-state index in [0.717, 1.165) is 70.7 Å². The zero-order chi connectivity index (χ0) is 21.3.